The number of ether oxygens (including phenoxy) is 1. The molecule has 0 amide bonds. The quantitative estimate of drug-likeness (QED) is 0.562. The van der Waals surface area contributed by atoms with Crippen LogP contribution in [0.2, 0.25) is 0 Å². The molecule has 1 heterocycles. The van der Waals surface area contributed by atoms with Crippen LogP contribution in [0.1, 0.15) is 58.3 Å². The van der Waals surface area contributed by atoms with E-state index >= 15 is 0 Å². The zero-order valence-corrected chi connectivity index (χ0v) is 11.4. The van der Waals surface area contributed by atoms with Crippen molar-refractivity contribution in [2.24, 2.45) is 0 Å². The van der Waals surface area contributed by atoms with Gasteiger partial charge in [-0.2, -0.15) is 0 Å². The smallest absolute Gasteiger partial charge is 0.311 e. The molecule has 0 aromatic carbocycles. The third-order valence-corrected chi connectivity index (χ3v) is 2.99. The lowest BCUT2D eigenvalue weighted by molar-refractivity contribution is 0.261. The molecule has 0 saturated heterocycles. The van der Waals surface area contributed by atoms with Gasteiger partial charge in [-0.1, -0.05) is 51.9 Å². The SMILES string of the molecule is CCCCCCCCCCOc1cccnc1[O]. The van der Waals surface area contributed by atoms with Crippen molar-refractivity contribution < 1.29 is 9.84 Å². The van der Waals surface area contributed by atoms with E-state index in [1.165, 1.54) is 51.1 Å². The molecule has 1 radical (unpaired) electrons. The first-order valence-corrected chi connectivity index (χ1v) is 7.09. The maximum absolute atomic E-state index is 11.2. The standard InChI is InChI=1S/C15H24NO2/c1-2-3-4-5-6-7-8-9-13-18-14-11-10-12-16-15(14)17/h10-12H,2-9,13H2,1H3. The van der Waals surface area contributed by atoms with E-state index in [1.807, 2.05) is 0 Å². The van der Waals surface area contributed by atoms with Gasteiger partial charge in [0, 0.05) is 6.20 Å². The number of hydrogen-bond donors (Lipinski definition) is 0. The molecular formula is C15H24NO2. The predicted molar refractivity (Wildman–Crippen MR) is 72.5 cm³/mol. The van der Waals surface area contributed by atoms with Gasteiger partial charge in [-0.15, -0.1) is 0 Å². The van der Waals surface area contributed by atoms with Crippen LogP contribution in [0.4, 0.5) is 0 Å². The molecule has 3 nitrogen and oxygen atoms in total. The summed E-state index contributed by atoms with van der Waals surface area (Å²) in [6.07, 6.45) is 11.6. The van der Waals surface area contributed by atoms with Crippen LogP contribution in [0, 0.1) is 0 Å². The highest BCUT2D eigenvalue weighted by Gasteiger charge is 2.03. The molecule has 18 heavy (non-hydrogen) atoms. The van der Waals surface area contributed by atoms with Crippen molar-refractivity contribution in [2.75, 3.05) is 6.61 Å². The molecular weight excluding hydrogens is 226 g/mol. The van der Waals surface area contributed by atoms with E-state index in [4.69, 9.17) is 4.74 Å². The molecule has 1 rings (SSSR count). The molecule has 0 aliphatic carbocycles. The normalized spacial score (nSPS) is 10.5. The van der Waals surface area contributed by atoms with E-state index in [-0.39, 0.29) is 5.88 Å². The summed E-state index contributed by atoms with van der Waals surface area (Å²) in [4.78, 5) is 3.66. The van der Waals surface area contributed by atoms with Crippen LogP contribution in [-0.4, -0.2) is 11.6 Å². The van der Waals surface area contributed by atoms with Crippen molar-refractivity contribution in [1.29, 1.82) is 0 Å². The van der Waals surface area contributed by atoms with Gasteiger partial charge >= 0.3 is 5.88 Å². The molecule has 3 heteroatoms. The summed E-state index contributed by atoms with van der Waals surface area (Å²) >= 11 is 0. The highest BCUT2D eigenvalue weighted by Crippen LogP contribution is 2.22. The van der Waals surface area contributed by atoms with Crippen molar-refractivity contribution in [1.82, 2.24) is 4.98 Å². The van der Waals surface area contributed by atoms with E-state index in [2.05, 4.69) is 11.9 Å². The molecule has 0 aliphatic rings. The van der Waals surface area contributed by atoms with E-state index < -0.39 is 0 Å². The number of rotatable bonds is 10. The Morgan fingerprint density at radius 1 is 1.06 bits per heavy atom. The zero-order chi connectivity index (χ0) is 13.1. The molecule has 0 saturated carbocycles. The number of pyridine rings is 1. The van der Waals surface area contributed by atoms with Gasteiger partial charge in [-0.3, -0.25) is 5.11 Å². The average molecular weight is 250 g/mol. The Bertz CT molecular complexity index is 315. The minimum absolute atomic E-state index is 0.267. The van der Waals surface area contributed by atoms with Crippen LogP contribution in [0.5, 0.6) is 11.6 Å². The topological polar surface area (TPSA) is 42.0 Å². The number of aromatic nitrogens is 1. The zero-order valence-electron chi connectivity index (χ0n) is 11.4. The highest BCUT2D eigenvalue weighted by molar-refractivity contribution is 5.30. The van der Waals surface area contributed by atoms with E-state index in [0.717, 1.165) is 6.42 Å². The second-order valence-corrected chi connectivity index (χ2v) is 4.63. The summed E-state index contributed by atoms with van der Waals surface area (Å²) in [5.74, 6) is 0.109. The Kier molecular flexibility index (Phi) is 8.02. The molecule has 0 atom stereocenters. The third kappa shape index (κ3) is 6.48. The predicted octanol–water partition coefficient (Wildman–Crippen LogP) is 4.74. The van der Waals surface area contributed by atoms with Crippen LogP contribution in [0.25, 0.3) is 0 Å². The first-order valence-electron chi connectivity index (χ1n) is 7.09. The summed E-state index contributed by atoms with van der Waals surface area (Å²) in [6, 6.07) is 3.41. The number of unbranched alkanes of at least 4 members (excludes halogenated alkanes) is 7. The maximum Gasteiger partial charge on any atom is 0.311 e. The monoisotopic (exact) mass is 250 g/mol. The van der Waals surface area contributed by atoms with Gasteiger partial charge in [0.05, 0.1) is 6.61 Å². The summed E-state index contributed by atoms with van der Waals surface area (Å²) in [6.45, 7) is 2.86. The van der Waals surface area contributed by atoms with Gasteiger partial charge < -0.3 is 4.74 Å². The third-order valence-electron chi connectivity index (χ3n) is 2.99. The van der Waals surface area contributed by atoms with Crippen molar-refractivity contribution in [3.05, 3.63) is 18.3 Å². The van der Waals surface area contributed by atoms with Crippen LogP contribution in [0.15, 0.2) is 18.3 Å². The first kappa shape index (κ1) is 14.8. The van der Waals surface area contributed by atoms with Crippen LogP contribution >= 0.6 is 0 Å². The second kappa shape index (κ2) is 9.75. The fraction of sp³-hybridized carbons (Fsp3) is 0.667. The van der Waals surface area contributed by atoms with E-state index in [1.54, 1.807) is 12.1 Å². The highest BCUT2D eigenvalue weighted by atomic mass is 16.5. The average Bonchev–Trinajstić information content (AvgIpc) is 2.39. The van der Waals surface area contributed by atoms with Gasteiger partial charge in [0.25, 0.3) is 0 Å². The fourth-order valence-electron chi connectivity index (χ4n) is 1.90. The van der Waals surface area contributed by atoms with Crippen molar-refractivity contribution >= 4 is 0 Å². The second-order valence-electron chi connectivity index (χ2n) is 4.63. The maximum atomic E-state index is 11.2. The minimum atomic E-state index is -0.267. The molecule has 0 spiro atoms. The van der Waals surface area contributed by atoms with Crippen LogP contribution in [0.3, 0.4) is 0 Å². The van der Waals surface area contributed by atoms with Crippen LogP contribution < -0.4 is 4.74 Å². The fourth-order valence-corrected chi connectivity index (χ4v) is 1.90. The van der Waals surface area contributed by atoms with Gasteiger partial charge in [0.2, 0.25) is 0 Å². The van der Waals surface area contributed by atoms with Gasteiger partial charge in [0.1, 0.15) is 0 Å². The number of hydrogen-bond acceptors (Lipinski definition) is 2. The molecule has 0 fully saturated rings. The Morgan fingerprint density at radius 3 is 2.39 bits per heavy atom. The Hall–Kier alpha value is -1.25. The van der Waals surface area contributed by atoms with Crippen molar-refractivity contribution in [3.8, 4) is 11.6 Å². The lowest BCUT2D eigenvalue weighted by atomic mass is 10.1. The molecule has 1 aromatic rings. The lowest BCUT2D eigenvalue weighted by Crippen LogP contribution is -1.97. The van der Waals surface area contributed by atoms with Gasteiger partial charge in [0.15, 0.2) is 5.75 Å². The van der Waals surface area contributed by atoms with Gasteiger partial charge in [-0.05, 0) is 18.6 Å². The molecule has 1 aromatic heterocycles. The molecule has 0 aliphatic heterocycles. The molecule has 101 valence electrons. The number of nitrogens with zero attached hydrogens (tertiary/aromatic N) is 1. The van der Waals surface area contributed by atoms with Crippen LogP contribution in [-0.2, 0) is 5.11 Å². The van der Waals surface area contributed by atoms with Gasteiger partial charge in [-0.25, -0.2) is 4.98 Å². The Balaban J connectivity index is 1.94. The summed E-state index contributed by atoms with van der Waals surface area (Å²) in [5.41, 5.74) is 0. The Morgan fingerprint density at radius 2 is 1.72 bits per heavy atom. The Labute approximate surface area is 110 Å². The molecule has 0 unspecified atom stereocenters. The summed E-state index contributed by atoms with van der Waals surface area (Å²) in [7, 11) is 0. The largest absolute Gasteiger partial charge is 0.488 e. The molecule has 0 bridgehead atoms. The summed E-state index contributed by atoms with van der Waals surface area (Å²) < 4.78 is 5.41. The van der Waals surface area contributed by atoms with E-state index in [0.29, 0.717) is 12.4 Å². The summed E-state index contributed by atoms with van der Waals surface area (Å²) in [5, 5.41) is 11.2. The molecule has 0 N–H and O–H groups in total. The lowest BCUT2D eigenvalue weighted by Gasteiger charge is -2.05. The van der Waals surface area contributed by atoms with E-state index in [9.17, 15) is 5.11 Å². The first-order chi connectivity index (χ1) is 8.84. The minimum Gasteiger partial charge on any atom is -0.488 e. The van der Waals surface area contributed by atoms with Crippen molar-refractivity contribution in [2.45, 2.75) is 58.3 Å². The van der Waals surface area contributed by atoms with Crippen molar-refractivity contribution in [3.63, 3.8) is 0 Å².